The highest BCUT2D eigenvalue weighted by molar-refractivity contribution is 7.22. The Hall–Kier alpha value is -1.05. The van der Waals surface area contributed by atoms with Crippen LogP contribution in [0.2, 0.25) is 0 Å². The first-order valence-corrected chi connectivity index (χ1v) is 12.8. The maximum atomic E-state index is 14.5. The van der Waals surface area contributed by atoms with Crippen LogP contribution in [0, 0.1) is 5.21 Å². The third-order valence-electron chi connectivity index (χ3n) is 6.19. The maximum Gasteiger partial charge on any atom is 0.289 e. The summed E-state index contributed by atoms with van der Waals surface area (Å²) in [7, 11) is 0. The van der Waals surface area contributed by atoms with E-state index in [1.54, 1.807) is 11.3 Å². The summed E-state index contributed by atoms with van der Waals surface area (Å²) in [6, 6.07) is 6.39. The molecule has 6 heteroatoms. The Labute approximate surface area is 186 Å². The zero-order chi connectivity index (χ0) is 21.6. The maximum absolute atomic E-state index is 14.5. The fourth-order valence-corrected chi connectivity index (χ4v) is 5.81. The number of hydrogen-bond donors (Lipinski definition) is 0. The first kappa shape index (κ1) is 23.6. The van der Waals surface area contributed by atoms with Crippen molar-refractivity contribution in [3.8, 4) is 0 Å². The van der Waals surface area contributed by atoms with Crippen LogP contribution in [-0.2, 0) is 6.42 Å². The molecule has 1 fully saturated rings. The van der Waals surface area contributed by atoms with Crippen LogP contribution in [-0.4, -0.2) is 53.8 Å². The second-order valence-electron chi connectivity index (χ2n) is 8.75. The molecule has 0 saturated carbocycles. The van der Waals surface area contributed by atoms with Gasteiger partial charge in [-0.2, -0.15) is 4.98 Å². The third kappa shape index (κ3) is 5.05. The van der Waals surface area contributed by atoms with Gasteiger partial charge in [-0.25, -0.2) is 4.90 Å². The summed E-state index contributed by atoms with van der Waals surface area (Å²) in [5.41, 5.74) is 2.35. The number of thiazole rings is 1. The third-order valence-corrected chi connectivity index (χ3v) is 7.45. The summed E-state index contributed by atoms with van der Waals surface area (Å²) >= 11 is 1.65. The van der Waals surface area contributed by atoms with E-state index in [-0.39, 0.29) is 10.8 Å². The first-order valence-electron chi connectivity index (χ1n) is 12.0. The van der Waals surface area contributed by atoms with Crippen molar-refractivity contribution in [1.82, 2.24) is 19.4 Å². The minimum atomic E-state index is -0.309. The normalized spacial score (nSPS) is 22.5. The molecule has 2 aromatic rings. The molecular formula is C24H40N4OS. The number of benzene rings is 1. The van der Waals surface area contributed by atoms with Gasteiger partial charge in [-0.15, -0.1) is 0 Å². The van der Waals surface area contributed by atoms with E-state index in [9.17, 15) is 5.21 Å². The van der Waals surface area contributed by atoms with E-state index in [0.717, 1.165) is 68.9 Å². The summed E-state index contributed by atoms with van der Waals surface area (Å²) < 4.78 is 0.911. The molecule has 0 aliphatic carbocycles. The lowest BCUT2D eigenvalue weighted by Crippen LogP contribution is -2.57. The average Bonchev–Trinajstić information content (AvgIpc) is 3.33. The highest BCUT2D eigenvalue weighted by atomic mass is 32.1. The first-order chi connectivity index (χ1) is 14.6. The molecule has 0 N–H and O–H groups in total. The molecule has 2 unspecified atom stereocenters. The summed E-state index contributed by atoms with van der Waals surface area (Å²) in [5, 5.41) is 15.2. The smallest absolute Gasteiger partial charge is 0.289 e. The van der Waals surface area contributed by atoms with Crippen LogP contribution in [0.3, 0.4) is 0 Å². The van der Waals surface area contributed by atoms with Crippen molar-refractivity contribution in [3.05, 3.63) is 29.0 Å². The largest absolute Gasteiger partial charge is 0.623 e. The molecule has 3 rings (SSSR count). The van der Waals surface area contributed by atoms with Gasteiger partial charge in [0, 0.05) is 19.6 Å². The Morgan fingerprint density at radius 2 is 1.83 bits per heavy atom. The number of aryl methyl sites for hydroxylation is 1. The SMILES string of the molecule is CCCCc1cccc2nc([N+]3([O-])CN(CCCC)CC3N(CCC)CCC)sc12. The molecule has 0 radical (unpaired) electrons. The van der Waals surface area contributed by atoms with Gasteiger partial charge in [0.15, 0.2) is 6.17 Å². The average molecular weight is 433 g/mol. The number of aromatic nitrogens is 1. The molecular weight excluding hydrogens is 392 g/mol. The molecule has 5 nitrogen and oxygen atoms in total. The van der Waals surface area contributed by atoms with E-state index in [2.05, 4.69) is 55.7 Å². The number of hydroxylamine groups is 2. The zero-order valence-electron chi connectivity index (χ0n) is 19.4. The van der Waals surface area contributed by atoms with Crippen molar-refractivity contribution in [2.45, 2.75) is 78.8 Å². The number of fused-ring (bicyclic) bond motifs is 1. The molecule has 30 heavy (non-hydrogen) atoms. The van der Waals surface area contributed by atoms with Gasteiger partial charge < -0.3 is 5.21 Å². The van der Waals surface area contributed by atoms with Gasteiger partial charge in [0.05, 0.1) is 16.8 Å². The number of rotatable bonds is 12. The molecule has 2 atom stereocenters. The minimum Gasteiger partial charge on any atom is -0.623 e. The lowest BCUT2D eigenvalue weighted by Gasteiger charge is -2.44. The zero-order valence-corrected chi connectivity index (χ0v) is 20.2. The monoisotopic (exact) mass is 432 g/mol. The van der Waals surface area contributed by atoms with Crippen molar-refractivity contribution >= 4 is 26.7 Å². The van der Waals surface area contributed by atoms with Gasteiger partial charge in [-0.1, -0.05) is 64.0 Å². The minimum absolute atomic E-state index is 0.0542. The van der Waals surface area contributed by atoms with E-state index in [1.165, 1.54) is 23.1 Å². The molecule has 2 heterocycles. The van der Waals surface area contributed by atoms with Crippen molar-refractivity contribution in [1.29, 1.82) is 0 Å². The summed E-state index contributed by atoms with van der Waals surface area (Å²) in [5.74, 6) is 0. The Balaban J connectivity index is 1.97. The van der Waals surface area contributed by atoms with Crippen molar-refractivity contribution in [3.63, 3.8) is 0 Å². The fourth-order valence-electron chi connectivity index (χ4n) is 4.63. The predicted octanol–water partition coefficient (Wildman–Crippen LogP) is 5.97. The molecule has 0 amide bonds. The molecule has 1 aliphatic rings. The predicted molar refractivity (Wildman–Crippen MR) is 131 cm³/mol. The fraction of sp³-hybridized carbons (Fsp3) is 0.708. The molecule has 1 aromatic heterocycles. The number of nitrogens with zero attached hydrogens (tertiary/aromatic N) is 4. The van der Waals surface area contributed by atoms with Crippen molar-refractivity contribution in [2.75, 3.05) is 32.8 Å². The molecule has 0 spiro atoms. The van der Waals surface area contributed by atoms with E-state index in [1.807, 2.05) is 0 Å². The van der Waals surface area contributed by atoms with Gasteiger partial charge in [-0.05, 0) is 43.7 Å². The molecule has 1 aromatic carbocycles. The Morgan fingerprint density at radius 1 is 1.10 bits per heavy atom. The van der Waals surface area contributed by atoms with Gasteiger partial charge in [0.2, 0.25) is 0 Å². The number of hydrogen-bond acceptors (Lipinski definition) is 5. The summed E-state index contributed by atoms with van der Waals surface area (Å²) in [6.45, 7) is 13.2. The molecule has 1 saturated heterocycles. The lowest BCUT2D eigenvalue weighted by molar-refractivity contribution is 0.118. The van der Waals surface area contributed by atoms with Gasteiger partial charge in [0.1, 0.15) is 6.67 Å². The second-order valence-corrected chi connectivity index (χ2v) is 9.73. The number of unbranched alkanes of at least 4 members (excludes halogenated alkanes) is 2. The van der Waals surface area contributed by atoms with Crippen LogP contribution in [0.4, 0.5) is 5.13 Å². The van der Waals surface area contributed by atoms with Gasteiger partial charge in [-0.3, -0.25) is 9.55 Å². The summed E-state index contributed by atoms with van der Waals surface area (Å²) in [4.78, 5) is 9.74. The highest BCUT2D eigenvalue weighted by Crippen LogP contribution is 2.40. The van der Waals surface area contributed by atoms with Crippen LogP contribution in [0.25, 0.3) is 10.2 Å². The second kappa shape index (κ2) is 11.0. The van der Waals surface area contributed by atoms with E-state index < -0.39 is 0 Å². The Kier molecular flexibility index (Phi) is 8.66. The van der Waals surface area contributed by atoms with Crippen LogP contribution in [0.5, 0.6) is 0 Å². The van der Waals surface area contributed by atoms with Gasteiger partial charge in [0.25, 0.3) is 5.13 Å². The van der Waals surface area contributed by atoms with Crippen LogP contribution in [0.1, 0.15) is 71.8 Å². The van der Waals surface area contributed by atoms with Crippen LogP contribution in [0.15, 0.2) is 18.2 Å². The van der Waals surface area contributed by atoms with Crippen LogP contribution >= 0.6 is 11.3 Å². The lowest BCUT2D eigenvalue weighted by atomic mass is 10.1. The van der Waals surface area contributed by atoms with Crippen LogP contribution < -0.4 is 4.65 Å². The molecule has 0 bridgehead atoms. The topological polar surface area (TPSA) is 42.4 Å². The quantitative estimate of drug-likeness (QED) is 0.306. The van der Waals surface area contributed by atoms with E-state index >= 15 is 0 Å². The number of quaternary nitrogens is 1. The standard InChI is InChI=1S/C24H40N4OS/c1-5-9-12-20-13-11-14-21-23(20)30-24(25-21)28(29)19-26(17-10-6-2)18-22(28)27(15-7-3)16-8-4/h11,13-14,22H,5-10,12,15-19H2,1-4H3. The highest BCUT2D eigenvalue weighted by Gasteiger charge is 2.46. The Bertz CT molecular complexity index is 789. The van der Waals surface area contributed by atoms with E-state index in [0.29, 0.717) is 6.67 Å². The van der Waals surface area contributed by atoms with Gasteiger partial charge >= 0.3 is 0 Å². The van der Waals surface area contributed by atoms with Crippen molar-refractivity contribution < 1.29 is 0 Å². The molecule has 1 aliphatic heterocycles. The van der Waals surface area contributed by atoms with E-state index in [4.69, 9.17) is 4.98 Å². The van der Waals surface area contributed by atoms with Crippen molar-refractivity contribution in [2.24, 2.45) is 0 Å². The molecule has 168 valence electrons. The summed E-state index contributed by atoms with van der Waals surface area (Å²) in [6.07, 6.45) is 7.84. The Morgan fingerprint density at radius 3 is 2.50 bits per heavy atom.